The van der Waals surface area contributed by atoms with Gasteiger partial charge in [0.1, 0.15) is 15.6 Å². The minimum absolute atomic E-state index is 0.159. The van der Waals surface area contributed by atoms with E-state index in [9.17, 15) is 8.42 Å². The van der Waals surface area contributed by atoms with Crippen molar-refractivity contribution >= 4 is 15.8 Å². The van der Waals surface area contributed by atoms with E-state index in [1.807, 2.05) is 43.1 Å². The first-order valence-corrected chi connectivity index (χ1v) is 9.72. The third kappa shape index (κ3) is 7.36. The molecule has 1 rings (SSSR count). The number of hydrogen-bond acceptors (Lipinski definition) is 4. The molecule has 7 heteroatoms. The Kier molecular flexibility index (Phi) is 7.88. The van der Waals surface area contributed by atoms with E-state index in [2.05, 4.69) is 10.3 Å². The Morgan fingerprint density at radius 2 is 2.04 bits per heavy atom. The first-order valence-electron chi connectivity index (χ1n) is 7.66. The van der Waals surface area contributed by atoms with Gasteiger partial charge >= 0.3 is 0 Å². The smallest absolute Gasteiger partial charge is 0.193 e. The van der Waals surface area contributed by atoms with Gasteiger partial charge in [0.25, 0.3) is 0 Å². The van der Waals surface area contributed by atoms with Gasteiger partial charge in [-0.15, -0.1) is 0 Å². The molecule has 1 N–H and O–H groups in total. The molecule has 0 fully saturated rings. The van der Waals surface area contributed by atoms with Crippen LogP contribution in [0.1, 0.15) is 18.9 Å². The molecular formula is C16H27N3O3S. The zero-order chi connectivity index (χ0) is 17.3. The highest BCUT2D eigenvalue weighted by Gasteiger charge is 2.10. The molecule has 6 nitrogen and oxygen atoms in total. The third-order valence-corrected chi connectivity index (χ3v) is 4.26. The molecule has 0 amide bonds. The lowest BCUT2D eigenvalue weighted by atomic mass is 10.2. The molecule has 0 aliphatic carbocycles. The van der Waals surface area contributed by atoms with Crippen LogP contribution in [0.4, 0.5) is 0 Å². The average Bonchev–Trinajstić information content (AvgIpc) is 2.49. The highest BCUT2D eigenvalue weighted by molar-refractivity contribution is 7.90. The van der Waals surface area contributed by atoms with E-state index in [1.54, 1.807) is 7.11 Å². The van der Waals surface area contributed by atoms with Crippen molar-refractivity contribution in [2.75, 3.05) is 39.3 Å². The monoisotopic (exact) mass is 341 g/mol. The summed E-state index contributed by atoms with van der Waals surface area (Å²) in [7, 11) is 0.673. The summed E-state index contributed by atoms with van der Waals surface area (Å²) in [5.74, 6) is 1.76. The average molecular weight is 341 g/mol. The maximum atomic E-state index is 11.2. The molecule has 0 aliphatic rings. The number of nitrogens with one attached hydrogen (secondary N) is 1. The van der Waals surface area contributed by atoms with Gasteiger partial charge in [0, 0.05) is 38.5 Å². The molecule has 0 radical (unpaired) electrons. The van der Waals surface area contributed by atoms with Crippen LogP contribution in [0.5, 0.6) is 5.75 Å². The van der Waals surface area contributed by atoms with Crippen molar-refractivity contribution < 1.29 is 13.2 Å². The maximum absolute atomic E-state index is 11.2. The van der Waals surface area contributed by atoms with Gasteiger partial charge in [-0.25, -0.2) is 8.42 Å². The zero-order valence-corrected chi connectivity index (χ0v) is 15.2. The summed E-state index contributed by atoms with van der Waals surface area (Å²) in [4.78, 5) is 6.50. The van der Waals surface area contributed by atoms with Gasteiger partial charge in [-0.3, -0.25) is 4.99 Å². The summed E-state index contributed by atoms with van der Waals surface area (Å²) < 4.78 is 27.7. The van der Waals surface area contributed by atoms with Crippen LogP contribution < -0.4 is 10.1 Å². The summed E-state index contributed by atoms with van der Waals surface area (Å²) >= 11 is 0. The van der Waals surface area contributed by atoms with Crippen LogP contribution in [0.15, 0.2) is 29.3 Å². The van der Waals surface area contributed by atoms with E-state index in [4.69, 9.17) is 4.74 Å². The number of guanidine groups is 1. The Hall–Kier alpha value is -1.76. The molecule has 23 heavy (non-hydrogen) atoms. The number of nitrogens with zero attached hydrogens (tertiary/aromatic N) is 2. The van der Waals surface area contributed by atoms with Crippen LogP contribution >= 0.6 is 0 Å². The molecule has 130 valence electrons. The minimum atomic E-state index is -2.93. The van der Waals surface area contributed by atoms with Gasteiger partial charge in [-0.05, 0) is 19.4 Å². The fourth-order valence-electron chi connectivity index (χ4n) is 2.15. The number of rotatable bonds is 8. The van der Waals surface area contributed by atoms with Gasteiger partial charge in [-0.2, -0.15) is 0 Å². The van der Waals surface area contributed by atoms with E-state index in [0.29, 0.717) is 19.5 Å². The molecule has 0 aliphatic heterocycles. The molecule has 0 unspecified atom stereocenters. The number of aliphatic imine (C=N–C) groups is 1. The van der Waals surface area contributed by atoms with Crippen LogP contribution in [0, 0.1) is 0 Å². The quantitative estimate of drug-likeness (QED) is 0.441. The van der Waals surface area contributed by atoms with E-state index in [1.165, 1.54) is 6.26 Å². The number of methoxy groups -OCH3 is 1. The predicted octanol–water partition coefficient (Wildman–Crippen LogP) is 1.53. The van der Waals surface area contributed by atoms with Gasteiger partial charge in [0.15, 0.2) is 5.96 Å². The normalized spacial score (nSPS) is 12.1. The number of ether oxygens (including phenoxy) is 1. The predicted molar refractivity (Wildman–Crippen MR) is 94.8 cm³/mol. The Labute approximate surface area is 139 Å². The lowest BCUT2D eigenvalue weighted by Gasteiger charge is -2.23. The van der Waals surface area contributed by atoms with Gasteiger partial charge in [0.2, 0.25) is 0 Å². The Morgan fingerprint density at radius 3 is 2.65 bits per heavy atom. The third-order valence-electron chi connectivity index (χ3n) is 3.23. The van der Waals surface area contributed by atoms with E-state index in [-0.39, 0.29) is 5.75 Å². The summed E-state index contributed by atoms with van der Waals surface area (Å²) in [6.07, 6.45) is 1.77. The Morgan fingerprint density at radius 1 is 1.35 bits per heavy atom. The second-order valence-corrected chi connectivity index (χ2v) is 7.65. The number of sulfone groups is 1. The van der Waals surface area contributed by atoms with Crippen molar-refractivity contribution in [3.8, 4) is 5.75 Å². The molecule has 0 atom stereocenters. The summed E-state index contributed by atoms with van der Waals surface area (Å²) in [5, 5.41) is 3.22. The van der Waals surface area contributed by atoms with Crippen molar-refractivity contribution in [1.82, 2.24) is 10.2 Å². The van der Waals surface area contributed by atoms with Crippen molar-refractivity contribution in [1.29, 1.82) is 0 Å². The molecular weight excluding hydrogens is 314 g/mol. The van der Waals surface area contributed by atoms with Crippen molar-refractivity contribution in [2.24, 2.45) is 4.99 Å². The fraction of sp³-hybridized carbons (Fsp3) is 0.562. The van der Waals surface area contributed by atoms with Crippen molar-refractivity contribution in [3.63, 3.8) is 0 Å². The van der Waals surface area contributed by atoms with Crippen LogP contribution in [-0.2, 0) is 16.4 Å². The molecule has 0 aromatic heterocycles. The number of para-hydroxylation sites is 1. The van der Waals surface area contributed by atoms with E-state index in [0.717, 1.165) is 23.8 Å². The van der Waals surface area contributed by atoms with Crippen LogP contribution in [0.2, 0.25) is 0 Å². The number of benzene rings is 1. The standard InChI is InChI=1S/C16H27N3O3S/c1-5-17-16(18-11-8-12-23(4,20)21)19(2)13-14-9-6-7-10-15(14)22-3/h6-7,9-10H,5,8,11-13H2,1-4H3,(H,17,18). The molecule has 0 saturated carbocycles. The maximum Gasteiger partial charge on any atom is 0.193 e. The Bertz CT molecular complexity index is 615. The summed E-state index contributed by atoms with van der Waals surface area (Å²) in [6, 6.07) is 7.86. The molecule has 1 aromatic carbocycles. The largest absolute Gasteiger partial charge is 0.496 e. The highest BCUT2D eigenvalue weighted by Crippen LogP contribution is 2.18. The summed E-state index contributed by atoms with van der Waals surface area (Å²) in [5.41, 5.74) is 1.07. The lowest BCUT2D eigenvalue weighted by Crippen LogP contribution is -2.38. The number of hydrogen-bond donors (Lipinski definition) is 1. The van der Waals surface area contributed by atoms with Gasteiger partial charge in [0.05, 0.1) is 12.9 Å². The molecule has 1 aromatic rings. The topological polar surface area (TPSA) is 71.0 Å². The van der Waals surface area contributed by atoms with Crippen molar-refractivity contribution in [2.45, 2.75) is 19.9 Å². The first-order chi connectivity index (χ1) is 10.9. The highest BCUT2D eigenvalue weighted by atomic mass is 32.2. The van der Waals surface area contributed by atoms with Gasteiger partial charge in [-0.1, -0.05) is 18.2 Å². The Balaban J connectivity index is 2.71. The van der Waals surface area contributed by atoms with Crippen LogP contribution in [-0.4, -0.2) is 58.5 Å². The second-order valence-electron chi connectivity index (χ2n) is 5.39. The fourth-order valence-corrected chi connectivity index (χ4v) is 2.80. The lowest BCUT2D eigenvalue weighted by molar-refractivity contribution is 0.396. The zero-order valence-electron chi connectivity index (χ0n) is 14.4. The van der Waals surface area contributed by atoms with Crippen LogP contribution in [0.3, 0.4) is 0 Å². The van der Waals surface area contributed by atoms with Gasteiger partial charge < -0.3 is 15.0 Å². The SMILES string of the molecule is CCNC(=NCCCS(C)(=O)=O)N(C)Cc1ccccc1OC. The van der Waals surface area contributed by atoms with Crippen molar-refractivity contribution in [3.05, 3.63) is 29.8 Å². The molecule has 0 spiro atoms. The van der Waals surface area contributed by atoms with E-state index < -0.39 is 9.84 Å². The molecule has 0 bridgehead atoms. The van der Waals surface area contributed by atoms with E-state index >= 15 is 0 Å². The minimum Gasteiger partial charge on any atom is -0.496 e. The van der Waals surface area contributed by atoms with Crippen LogP contribution in [0.25, 0.3) is 0 Å². The second kappa shape index (κ2) is 9.39. The molecule has 0 saturated heterocycles. The molecule has 0 heterocycles. The summed E-state index contributed by atoms with van der Waals surface area (Å²) in [6.45, 7) is 3.89. The first kappa shape index (κ1) is 19.3.